The van der Waals surface area contributed by atoms with Crippen molar-refractivity contribution in [3.8, 4) is 0 Å². The highest BCUT2D eigenvalue weighted by Gasteiger charge is 2.25. The third-order valence-electron chi connectivity index (χ3n) is 2.85. The number of hydrogen-bond donors (Lipinski definition) is 2. The number of nitrogens with one attached hydrogen (secondary N) is 2. The molecule has 1 aliphatic rings. The molecule has 1 unspecified atom stereocenters. The highest BCUT2D eigenvalue weighted by atomic mass is 79.9. The highest BCUT2D eigenvalue weighted by molar-refractivity contribution is 9.11. The zero-order valence-corrected chi connectivity index (χ0v) is 14.4. The lowest BCUT2D eigenvalue weighted by Crippen LogP contribution is -2.48. The first-order chi connectivity index (χ1) is 9.94. The maximum absolute atomic E-state index is 12.3. The van der Waals surface area contributed by atoms with Crippen molar-refractivity contribution in [2.24, 2.45) is 0 Å². The molecule has 2 heterocycles. The Morgan fingerprint density at radius 2 is 2.43 bits per heavy atom. The summed E-state index contributed by atoms with van der Waals surface area (Å²) in [6.07, 6.45) is 0. The van der Waals surface area contributed by atoms with Crippen LogP contribution >= 0.6 is 27.3 Å². The molecule has 21 heavy (non-hydrogen) atoms. The van der Waals surface area contributed by atoms with Crippen LogP contribution in [0.1, 0.15) is 9.67 Å². The summed E-state index contributed by atoms with van der Waals surface area (Å²) in [6.45, 7) is 2.00. The van der Waals surface area contributed by atoms with Gasteiger partial charge in [0.25, 0.3) is 0 Å². The number of rotatable bonds is 5. The summed E-state index contributed by atoms with van der Waals surface area (Å²) in [6, 6.07) is 1.24. The van der Waals surface area contributed by atoms with Crippen molar-refractivity contribution in [3.05, 3.63) is 14.7 Å². The van der Waals surface area contributed by atoms with Gasteiger partial charge in [-0.25, -0.2) is 17.9 Å². The summed E-state index contributed by atoms with van der Waals surface area (Å²) in [7, 11) is -2.45. The van der Waals surface area contributed by atoms with E-state index in [9.17, 15) is 13.2 Å². The molecule has 1 atom stereocenters. The van der Waals surface area contributed by atoms with Crippen LogP contribution in [0.25, 0.3) is 0 Å². The van der Waals surface area contributed by atoms with Crippen molar-refractivity contribution in [3.63, 3.8) is 0 Å². The fourth-order valence-corrected chi connectivity index (χ4v) is 5.34. The normalized spacial score (nSPS) is 19.4. The number of sulfonamides is 1. The Morgan fingerprint density at radius 1 is 1.67 bits per heavy atom. The summed E-state index contributed by atoms with van der Waals surface area (Å²) < 4.78 is 37.2. The summed E-state index contributed by atoms with van der Waals surface area (Å²) in [5.41, 5.74) is 0. The van der Waals surface area contributed by atoms with Crippen molar-refractivity contribution < 1.29 is 22.7 Å². The fraction of sp³-hybridized carbons (Fsp3) is 0.545. The molecule has 2 N–H and O–H groups in total. The summed E-state index contributed by atoms with van der Waals surface area (Å²) in [4.78, 5) is 11.7. The highest BCUT2D eigenvalue weighted by Crippen LogP contribution is 2.31. The molecule has 1 aromatic rings. The van der Waals surface area contributed by atoms with Gasteiger partial charge in [-0.15, -0.1) is 11.3 Å². The Kier molecular flexibility index (Phi) is 5.74. The van der Waals surface area contributed by atoms with Gasteiger partial charge in [-0.05, 0) is 22.0 Å². The zero-order chi connectivity index (χ0) is 15.5. The van der Waals surface area contributed by atoms with Crippen LogP contribution in [0.5, 0.6) is 0 Å². The van der Waals surface area contributed by atoms with Crippen LogP contribution in [-0.4, -0.2) is 53.8 Å². The predicted molar refractivity (Wildman–Crippen MR) is 81.2 cm³/mol. The molecule has 0 spiro atoms. The maximum Gasteiger partial charge on any atom is 0.348 e. The van der Waals surface area contributed by atoms with E-state index in [0.29, 0.717) is 23.5 Å². The number of halogens is 1. The van der Waals surface area contributed by atoms with Gasteiger partial charge in [0, 0.05) is 19.1 Å². The first-order valence-electron chi connectivity index (χ1n) is 6.12. The van der Waals surface area contributed by atoms with Crippen molar-refractivity contribution in [2.75, 3.05) is 33.4 Å². The van der Waals surface area contributed by atoms with Crippen LogP contribution in [0.3, 0.4) is 0 Å². The Hall–Kier alpha value is -0.520. The molecule has 1 aromatic heterocycles. The first kappa shape index (κ1) is 16.8. The predicted octanol–water partition coefficient (Wildman–Crippen LogP) is 0.564. The Labute approximate surface area is 135 Å². The number of methoxy groups -OCH3 is 1. The average Bonchev–Trinajstić information content (AvgIpc) is 2.88. The van der Waals surface area contributed by atoms with Gasteiger partial charge in [0.2, 0.25) is 10.0 Å². The van der Waals surface area contributed by atoms with E-state index < -0.39 is 16.0 Å². The van der Waals surface area contributed by atoms with Gasteiger partial charge in [-0.2, -0.15) is 0 Å². The Balaban J connectivity index is 2.08. The van der Waals surface area contributed by atoms with Crippen LogP contribution in [0.15, 0.2) is 14.7 Å². The Bertz CT molecular complexity index is 610. The number of carbonyl (C=O) groups excluding carboxylic acids is 1. The van der Waals surface area contributed by atoms with E-state index in [1.165, 1.54) is 13.2 Å². The standard InChI is InChI=1S/C11H15BrN2O5S2/c1-18-11(15)8-4-9(10(12)20-8)21(16,17)14-5-7-6-19-3-2-13-7/h4,7,13-14H,2-3,5-6H2,1H3. The van der Waals surface area contributed by atoms with Gasteiger partial charge in [0.05, 0.1) is 24.1 Å². The van der Waals surface area contributed by atoms with Gasteiger partial charge in [0.15, 0.2) is 0 Å². The monoisotopic (exact) mass is 398 g/mol. The van der Waals surface area contributed by atoms with Crippen LogP contribution < -0.4 is 10.0 Å². The molecule has 2 rings (SSSR count). The van der Waals surface area contributed by atoms with Crippen molar-refractivity contribution in [2.45, 2.75) is 10.9 Å². The van der Waals surface area contributed by atoms with E-state index in [-0.39, 0.29) is 22.4 Å². The Morgan fingerprint density at radius 3 is 3.05 bits per heavy atom. The van der Waals surface area contributed by atoms with Crippen molar-refractivity contribution >= 4 is 43.3 Å². The number of esters is 1. The molecule has 1 aliphatic heterocycles. The zero-order valence-electron chi connectivity index (χ0n) is 11.2. The van der Waals surface area contributed by atoms with Gasteiger partial charge in [0.1, 0.15) is 9.77 Å². The van der Waals surface area contributed by atoms with Gasteiger partial charge >= 0.3 is 5.97 Å². The molecular weight excluding hydrogens is 384 g/mol. The van der Waals surface area contributed by atoms with Gasteiger partial charge in [-0.3, -0.25) is 0 Å². The van der Waals surface area contributed by atoms with Crippen molar-refractivity contribution in [1.82, 2.24) is 10.0 Å². The van der Waals surface area contributed by atoms with Crippen LogP contribution in [0, 0.1) is 0 Å². The van der Waals surface area contributed by atoms with E-state index >= 15 is 0 Å². The van der Waals surface area contributed by atoms with Crippen LogP contribution in [-0.2, 0) is 19.5 Å². The fourth-order valence-electron chi connectivity index (χ4n) is 1.78. The maximum atomic E-state index is 12.3. The minimum absolute atomic E-state index is 0.0321. The molecule has 0 saturated carbocycles. The third-order valence-corrected chi connectivity index (χ3v) is 6.51. The molecule has 0 aromatic carbocycles. The van der Waals surface area contributed by atoms with Crippen LogP contribution in [0.4, 0.5) is 0 Å². The minimum Gasteiger partial charge on any atom is -0.465 e. The molecule has 0 amide bonds. The SMILES string of the molecule is COC(=O)c1cc(S(=O)(=O)NCC2COCCN2)c(Br)s1. The molecular formula is C11H15BrN2O5S2. The smallest absolute Gasteiger partial charge is 0.348 e. The number of morpholine rings is 1. The first-order valence-corrected chi connectivity index (χ1v) is 9.21. The molecule has 1 fully saturated rings. The number of ether oxygens (including phenoxy) is 2. The van der Waals surface area contributed by atoms with E-state index in [1.54, 1.807) is 0 Å². The molecule has 0 radical (unpaired) electrons. The molecule has 10 heteroatoms. The molecule has 118 valence electrons. The second-order valence-corrected chi connectivity index (χ2v) is 8.42. The van der Waals surface area contributed by atoms with Crippen molar-refractivity contribution in [1.29, 1.82) is 0 Å². The second-order valence-electron chi connectivity index (χ2n) is 4.32. The van der Waals surface area contributed by atoms with Crippen LogP contribution in [0.2, 0.25) is 0 Å². The number of hydrogen-bond acceptors (Lipinski definition) is 7. The lowest BCUT2D eigenvalue weighted by molar-refractivity contribution is 0.0606. The topological polar surface area (TPSA) is 93.7 Å². The average molecular weight is 399 g/mol. The lowest BCUT2D eigenvalue weighted by Gasteiger charge is -2.23. The lowest BCUT2D eigenvalue weighted by atomic mass is 10.3. The van der Waals surface area contributed by atoms with E-state index in [4.69, 9.17) is 4.74 Å². The third kappa shape index (κ3) is 4.24. The molecule has 0 bridgehead atoms. The largest absolute Gasteiger partial charge is 0.465 e. The van der Waals surface area contributed by atoms with Gasteiger partial charge in [-0.1, -0.05) is 0 Å². The number of carbonyl (C=O) groups is 1. The minimum atomic E-state index is -3.70. The van der Waals surface area contributed by atoms with Gasteiger partial charge < -0.3 is 14.8 Å². The van der Waals surface area contributed by atoms with E-state index in [0.717, 1.165) is 11.3 Å². The van der Waals surface area contributed by atoms with E-state index in [1.807, 2.05) is 0 Å². The second kappa shape index (κ2) is 7.16. The summed E-state index contributed by atoms with van der Waals surface area (Å²) in [5.74, 6) is -0.565. The molecule has 7 nitrogen and oxygen atoms in total. The molecule has 1 saturated heterocycles. The molecule has 0 aliphatic carbocycles. The number of thiophene rings is 1. The quantitative estimate of drug-likeness (QED) is 0.703. The summed E-state index contributed by atoms with van der Waals surface area (Å²) in [5, 5.41) is 3.16. The summed E-state index contributed by atoms with van der Waals surface area (Å²) >= 11 is 4.19. The van der Waals surface area contributed by atoms with E-state index in [2.05, 4.69) is 30.7 Å².